The van der Waals surface area contributed by atoms with Gasteiger partial charge in [0.25, 0.3) is 11.6 Å². The number of amides is 1. The number of nitro groups is 1. The van der Waals surface area contributed by atoms with Crippen molar-refractivity contribution < 1.29 is 19.6 Å². The van der Waals surface area contributed by atoms with Crippen LogP contribution in [0.2, 0.25) is 0 Å². The highest BCUT2D eigenvalue weighted by molar-refractivity contribution is 7.17. The SMILES string of the molecule is O=C(Nc1sc2c(c1C(=O)O)CCC2)c1ccccc1[N+](=O)[O-]. The number of rotatable bonds is 4. The fourth-order valence-corrected chi connectivity index (χ4v) is 3.99. The molecule has 1 aromatic heterocycles. The van der Waals surface area contributed by atoms with Gasteiger partial charge in [-0.3, -0.25) is 14.9 Å². The number of anilines is 1. The van der Waals surface area contributed by atoms with Gasteiger partial charge in [0.15, 0.2) is 0 Å². The van der Waals surface area contributed by atoms with Gasteiger partial charge in [-0.1, -0.05) is 12.1 Å². The number of aromatic carboxylic acids is 1. The number of nitrogens with zero attached hydrogens (tertiary/aromatic N) is 1. The molecule has 0 bridgehead atoms. The minimum Gasteiger partial charge on any atom is -0.478 e. The summed E-state index contributed by atoms with van der Waals surface area (Å²) in [6, 6.07) is 5.57. The Morgan fingerprint density at radius 3 is 2.70 bits per heavy atom. The van der Waals surface area contributed by atoms with E-state index >= 15 is 0 Å². The Kier molecular flexibility index (Phi) is 3.83. The third-order valence-electron chi connectivity index (χ3n) is 3.71. The number of carbonyl (C=O) groups is 2. The molecule has 1 aliphatic rings. The van der Waals surface area contributed by atoms with Crippen molar-refractivity contribution in [2.75, 3.05) is 5.32 Å². The van der Waals surface area contributed by atoms with Crippen LogP contribution in [0.3, 0.4) is 0 Å². The first kappa shape index (κ1) is 15.2. The van der Waals surface area contributed by atoms with Crippen LogP contribution in [0.25, 0.3) is 0 Å². The van der Waals surface area contributed by atoms with E-state index in [4.69, 9.17) is 0 Å². The van der Waals surface area contributed by atoms with E-state index in [-0.39, 0.29) is 21.8 Å². The van der Waals surface area contributed by atoms with Gasteiger partial charge in [-0.15, -0.1) is 11.3 Å². The van der Waals surface area contributed by atoms with Crippen LogP contribution < -0.4 is 5.32 Å². The van der Waals surface area contributed by atoms with Gasteiger partial charge in [-0.05, 0) is 30.9 Å². The molecule has 3 rings (SSSR count). The van der Waals surface area contributed by atoms with Crippen LogP contribution in [0.4, 0.5) is 10.7 Å². The fourth-order valence-electron chi connectivity index (χ4n) is 2.71. The number of nitro benzene ring substituents is 1. The topological polar surface area (TPSA) is 110 Å². The highest BCUT2D eigenvalue weighted by atomic mass is 32.1. The predicted molar refractivity (Wildman–Crippen MR) is 84.4 cm³/mol. The zero-order valence-corrected chi connectivity index (χ0v) is 12.7. The van der Waals surface area contributed by atoms with Gasteiger partial charge in [0, 0.05) is 10.9 Å². The maximum Gasteiger partial charge on any atom is 0.339 e. The average molecular weight is 332 g/mol. The summed E-state index contributed by atoms with van der Waals surface area (Å²) in [5.74, 6) is -1.78. The summed E-state index contributed by atoms with van der Waals surface area (Å²) in [6.07, 6.45) is 2.37. The van der Waals surface area contributed by atoms with Gasteiger partial charge in [0.05, 0.1) is 10.5 Å². The Balaban J connectivity index is 1.96. The monoisotopic (exact) mass is 332 g/mol. The third-order valence-corrected chi connectivity index (χ3v) is 4.91. The molecule has 1 aromatic carbocycles. The number of fused-ring (bicyclic) bond motifs is 1. The number of benzene rings is 1. The van der Waals surface area contributed by atoms with E-state index in [9.17, 15) is 24.8 Å². The van der Waals surface area contributed by atoms with E-state index in [1.54, 1.807) is 0 Å². The molecule has 1 aliphatic carbocycles. The number of thiophene rings is 1. The van der Waals surface area contributed by atoms with Crippen LogP contribution in [0.15, 0.2) is 24.3 Å². The predicted octanol–water partition coefficient (Wildman–Crippen LogP) is 3.10. The number of hydrogen-bond acceptors (Lipinski definition) is 5. The maximum atomic E-state index is 12.3. The Labute approximate surface area is 134 Å². The lowest BCUT2D eigenvalue weighted by atomic mass is 10.1. The van der Waals surface area contributed by atoms with Gasteiger partial charge < -0.3 is 10.4 Å². The minimum absolute atomic E-state index is 0.0950. The zero-order valence-electron chi connectivity index (χ0n) is 11.9. The molecule has 0 spiro atoms. The first-order valence-electron chi connectivity index (χ1n) is 6.91. The Hall–Kier alpha value is -2.74. The molecular formula is C15H12N2O5S. The molecule has 0 atom stereocenters. The Bertz CT molecular complexity index is 827. The third kappa shape index (κ3) is 2.68. The van der Waals surface area contributed by atoms with Crippen molar-refractivity contribution in [2.24, 2.45) is 0 Å². The second kappa shape index (κ2) is 5.81. The average Bonchev–Trinajstić information content (AvgIpc) is 3.06. The summed E-state index contributed by atoms with van der Waals surface area (Å²) in [6.45, 7) is 0. The largest absolute Gasteiger partial charge is 0.478 e. The molecule has 0 radical (unpaired) electrons. The van der Waals surface area contributed by atoms with Crippen molar-refractivity contribution in [3.63, 3.8) is 0 Å². The van der Waals surface area contributed by atoms with Crippen LogP contribution in [-0.2, 0) is 12.8 Å². The van der Waals surface area contributed by atoms with Crippen molar-refractivity contribution in [3.05, 3.63) is 55.9 Å². The minimum atomic E-state index is -1.10. The lowest BCUT2D eigenvalue weighted by Gasteiger charge is -2.06. The van der Waals surface area contributed by atoms with E-state index in [2.05, 4.69) is 5.32 Å². The lowest BCUT2D eigenvalue weighted by molar-refractivity contribution is -0.385. The highest BCUT2D eigenvalue weighted by Gasteiger charge is 2.28. The molecule has 8 heteroatoms. The number of nitrogens with one attached hydrogen (secondary N) is 1. The van der Waals surface area contributed by atoms with Crippen molar-refractivity contribution in [1.29, 1.82) is 0 Å². The van der Waals surface area contributed by atoms with Crippen LogP contribution in [0.5, 0.6) is 0 Å². The molecular weight excluding hydrogens is 320 g/mol. The maximum absolute atomic E-state index is 12.3. The van der Waals surface area contributed by atoms with Crippen molar-refractivity contribution in [3.8, 4) is 0 Å². The van der Waals surface area contributed by atoms with Gasteiger partial charge in [0.2, 0.25) is 0 Å². The molecule has 0 unspecified atom stereocenters. The van der Waals surface area contributed by atoms with E-state index < -0.39 is 16.8 Å². The number of carboxylic acids is 1. The molecule has 7 nitrogen and oxygen atoms in total. The Morgan fingerprint density at radius 2 is 2.00 bits per heavy atom. The second-order valence-corrected chi connectivity index (χ2v) is 6.20. The molecule has 0 saturated carbocycles. The van der Waals surface area contributed by atoms with Crippen molar-refractivity contribution >= 4 is 33.9 Å². The second-order valence-electron chi connectivity index (χ2n) is 5.10. The van der Waals surface area contributed by atoms with E-state index in [1.165, 1.54) is 35.6 Å². The van der Waals surface area contributed by atoms with Gasteiger partial charge in [0.1, 0.15) is 10.6 Å². The van der Waals surface area contributed by atoms with Crippen LogP contribution in [0, 0.1) is 10.1 Å². The van der Waals surface area contributed by atoms with Crippen LogP contribution >= 0.6 is 11.3 Å². The van der Waals surface area contributed by atoms with Crippen LogP contribution in [-0.4, -0.2) is 21.9 Å². The van der Waals surface area contributed by atoms with Crippen molar-refractivity contribution in [2.45, 2.75) is 19.3 Å². The zero-order chi connectivity index (χ0) is 16.6. The Morgan fingerprint density at radius 1 is 1.26 bits per heavy atom. The first-order chi connectivity index (χ1) is 11.0. The summed E-state index contributed by atoms with van der Waals surface area (Å²) in [5, 5.41) is 23.2. The lowest BCUT2D eigenvalue weighted by Crippen LogP contribution is -2.15. The summed E-state index contributed by atoms with van der Waals surface area (Å²) in [5.41, 5.74) is 0.461. The van der Waals surface area contributed by atoms with Gasteiger partial charge >= 0.3 is 5.97 Å². The summed E-state index contributed by atoms with van der Waals surface area (Å²) >= 11 is 1.23. The first-order valence-corrected chi connectivity index (χ1v) is 7.73. The number of hydrogen-bond donors (Lipinski definition) is 2. The molecule has 1 heterocycles. The fraction of sp³-hybridized carbons (Fsp3) is 0.200. The number of carboxylic acid groups (broad SMARTS) is 1. The van der Waals surface area contributed by atoms with Gasteiger partial charge in [-0.25, -0.2) is 4.79 Å². The molecule has 2 N–H and O–H groups in total. The van der Waals surface area contributed by atoms with Crippen molar-refractivity contribution in [1.82, 2.24) is 0 Å². The van der Waals surface area contributed by atoms with E-state index in [1.807, 2.05) is 0 Å². The molecule has 2 aromatic rings. The summed E-state index contributed by atoms with van der Waals surface area (Å²) in [7, 11) is 0. The molecule has 118 valence electrons. The number of para-hydroxylation sites is 1. The molecule has 23 heavy (non-hydrogen) atoms. The normalized spacial score (nSPS) is 12.7. The summed E-state index contributed by atoms with van der Waals surface area (Å²) < 4.78 is 0. The summed E-state index contributed by atoms with van der Waals surface area (Å²) in [4.78, 5) is 35.1. The molecule has 0 fully saturated rings. The van der Waals surface area contributed by atoms with E-state index in [0.29, 0.717) is 6.42 Å². The van der Waals surface area contributed by atoms with Crippen LogP contribution in [0.1, 0.15) is 37.6 Å². The smallest absolute Gasteiger partial charge is 0.339 e. The quantitative estimate of drug-likeness (QED) is 0.660. The number of carbonyl (C=O) groups excluding carboxylic acids is 1. The molecule has 1 amide bonds. The highest BCUT2D eigenvalue weighted by Crippen LogP contribution is 2.39. The standard InChI is InChI=1S/C15H12N2O5S/c18-13(8-4-1-2-6-10(8)17(21)22)16-14-12(15(19)20)9-5-3-7-11(9)23-14/h1-2,4,6H,3,5,7H2,(H,16,18)(H,19,20). The van der Waals surface area contributed by atoms with Gasteiger partial charge in [-0.2, -0.15) is 0 Å². The molecule has 0 saturated heterocycles. The molecule has 0 aliphatic heterocycles. The number of aryl methyl sites for hydroxylation is 1. The van der Waals surface area contributed by atoms with E-state index in [0.717, 1.165) is 23.3 Å².